The number of ether oxygens (including phenoxy) is 2. The SMILES string of the molecule is Cc1nn(-c2ccccc2)c2nc(-c3ccccc3)cc(C(=O)OCC(=O)c3cc(C)n(C[C@@H]4CCCO4)c3C)c12. The highest BCUT2D eigenvalue weighted by Gasteiger charge is 2.25. The summed E-state index contributed by atoms with van der Waals surface area (Å²) in [7, 11) is 0. The number of ketones is 1. The second-order valence-corrected chi connectivity index (χ2v) is 10.5. The summed E-state index contributed by atoms with van der Waals surface area (Å²) < 4.78 is 15.3. The van der Waals surface area contributed by atoms with Crippen molar-refractivity contribution in [2.45, 2.75) is 46.3 Å². The molecule has 0 spiro atoms. The Labute approximate surface area is 238 Å². The Morgan fingerprint density at radius 3 is 2.41 bits per heavy atom. The minimum atomic E-state index is -0.591. The number of carbonyl (C=O) groups is 2. The number of benzene rings is 2. The van der Waals surface area contributed by atoms with Gasteiger partial charge in [0.05, 0.1) is 34.1 Å². The highest BCUT2D eigenvalue weighted by molar-refractivity contribution is 6.07. The van der Waals surface area contributed by atoms with Crippen molar-refractivity contribution in [1.82, 2.24) is 19.3 Å². The summed E-state index contributed by atoms with van der Waals surface area (Å²) in [5.74, 6) is -0.831. The molecule has 1 saturated heterocycles. The molecule has 0 bridgehead atoms. The molecule has 8 nitrogen and oxygen atoms in total. The normalized spacial score (nSPS) is 15.0. The topological polar surface area (TPSA) is 88.2 Å². The van der Waals surface area contributed by atoms with Gasteiger partial charge >= 0.3 is 5.97 Å². The van der Waals surface area contributed by atoms with Crippen LogP contribution in [0, 0.1) is 20.8 Å². The quantitative estimate of drug-likeness (QED) is 0.174. The maximum absolute atomic E-state index is 13.6. The molecule has 6 rings (SSSR count). The first-order valence-electron chi connectivity index (χ1n) is 13.9. The first-order chi connectivity index (χ1) is 19.9. The number of hydrogen-bond donors (Lipinski definition) is 0. The summed E-state index contributed by atoms with van der Waals surface area (Å²) in [5, 5.41) is 5.31. The second-order valence-electron chi connectivity index (χ2n) is 10.5. The fourth-order valence-corrected chi connectivity index (χ4v) is 5.60. The zero-order chi connectivity index (χ0) is 28.5. The molecule has 41 heavy (non-hydrogen) atoms. The summed E-state index contributed by atoms with van der Waals surface area (Å²) in [6, 6.07) is 22.9. The van der Waals surface area contributed by atoms with Crippen molar-refractivity contribution in [3.8, 4) is 16.9 Å². The molecule has 3 aromatic heterocycles. The number of hydrogen-bond acceptors (Lipinski definition) is 6. The van der Waals surface area contributed by atoms with Crippen molar-refractivity contribution in [3.63, 3.8) is 0 Å². The van der Waals surface area contributed by atoms with E-state index in [1.807, 2.05) is 87.5 Å². The van der Waals surface area contributed by atoms with E-state index in [9.17, 15) is 9.59 Å². The molecule has 1 aliphatic heterocycles. The van der Waals surface area contributed by atoms with Gasteiger partial charge in [0.2, 0.25) is 5.78 Å². The zero-order valence-electron chi connectivity index (χ0n) is 23.5. The first kappa shape index (κ1) is 26.7. The van der Waals surface area contributed by atoms with Crippen LogP contribution in [0.25, 0.3) is 28.0 Å². The van der Waals surface area contributed by atoms with E-state index in [4.69, 9.17) is 19.6 Å². The van der Waals surface area contributed by atoms with Gasteiger partial charge in [0.25, 0.3) is 0 Å². The van der Waals surface area contributed by atoms with Gasteiger partial charge in [-0.3, -0.25) is 4.79 Å². The first-order valence-corrected chi connectivity index (χ1v) is 13.9. The summed E-state index contributed by atoms with van der Waals surface area (Å²) in [4.78, 5) is 31.8. The lowest BCUT2D eigenvalue weighted by atomic mass is 10.1. The Bertz CT molecular complexity index is 1730. The number of aromatic nitrogens is 4. The standard InChI is InChI=1S/C33H32N4O4/c1-21-17-27(23(3)36(21)19-26-15-10-16-40-26)30(38)20-41-33(39)28-18-29(24-11-6-4-7-12-24)34-32-31(28)22(2)35-37(32)25-13-8-5-9-14-25/h4-9,11-14,17-18,26H,10,15-16,19-20H2,1-3H3/t26-/m0/s1. The molecule has 4 heterocycles. The lowest BCUT2D eigenvalue weighted by Crippen LogP contribution is -2.18. The molecule has 0 unspecified atom stereocenters. The maximum Gasteiger partial charge on any atom is 0.339 e. The molecule has 0 amide bonds. The Hall–Kier alpha value is -4.56. The number of Topliss-reactive ketones (excluding diaryl/α,β-unsaturated/α-hetero) is 1. The summed E-state index contributed by atoms with van der Waals surface area (Å²) in [6.07, 6.45) is 2.24. The van der Waals surface area contributed by atoms with Gasteiger partial charge in [0, 0.05) is 35.7 Å². The molecule has 1 atom stereocenters. The van der Waals surface area contributed by atoms with Gasteiger partial charge in [-0.15, -0.1) is 0 Å². The number of pyridine rings is 1. The van der Waals surface area contributed by atoms with Crippen LogP contribution in [0.2, 0.25) is 0 Å². The molecule has 2 aromatic carbocycles. The lowest BCUT2D eigenvalue weighted by molar-refractivity contribution is 0.0476. The molecular weight excluding hydrogens is 516 g/mol. The summed E-state index contributed by atoms with van der Waals surface area (Å²) in [6.45, 7) is 6.89. The molecule has 0 saturated carbocycles. The molecule has 5 aromatic rings. The Balaban J connectivity index is 1.31. The molecule has 1 fully saturated rings. The monoisotopic (exact) mass is 548 g/mol. The molecule has 1 aliphatic rings. The van der Waals surface area contributed by atoms with Crippen LogP contribution in [0.15, 0.2) is 72.8 Å². The summed E-state index contributed by atoms with van der Waals surface area (Å²) >= 11 is 0. The fourth-order valence-electron chi connectivity index (χ4n) is 5.60. The van der Waals surface area contributed by atoms with Crippen LogP contribution in [0.1, 0.15) is 50.6 Å². The third-order valence-corrected chi connectivity index (χ3v) is 7.72. The molecule has 0 aliphatic carbocycles. The van der Waals surface area contributed by atoms with Crippen LogP contribution in [-0.2, 0) is 16.0 Å². The van der Waals surface area contributed by atoms with Gasteiger partial charge < -0.3 is 14.0 Å². The third-order valence-electron chi connectivity index (χ3n) is 7.72. The molecule has 8 heteroatoms. The van der Waals surface area contributed by atoms with E-state index in [0.717, 1.165) is 42.1 Å². The van der Waals surface area contributed by atoms with Gasteiger partial charge in [0.1, 0.15) is 0 Å². The summed E-state index contributed by atoms with van der Waals surface area (Å²) in [5.41, 5.74) is 6.23. The van der Waals surface area contributed by atoms with E-state index in [1.54, 1.807) is 10.7 Å². The molecule has 0 N–H and O–H groups in total. The van der Waals surface area contributed by atoms with Crippen molar-refractivity contribution in [3.05, 3.63) is 101 Å². The van der Waals surface area contributed by atoms with E-state index in [1.165, 1.54) is 0 Å². The van der Waals surface area contributed by atoms with E-state index in [0.29, 0.717) is 40.1 Å². The average Bonchev–Trinajstić information content (AvgIpc) is 3.71. The average molecular weight is 549 g/mol. The largest absolute Gasteiger partial charge is 0.454 e. The number of aryl methyl sites for hydroxylation is 2. The lowest BCUT2D eigenvalue weighted by Gasteiger charge is -2.14. The van der Waals surface area contributed by atoms with Gasteiger partial charge in [-0.2, -0.15) is 5.10 Å². The Morgan fingerprint density at radius 2 is 1.71 bits per heavy atom. The minimum absolute atomic E-state index is 0.161. The molecule has 208 valence electrons. The van der Waals surface area contributed by atoms with Gasteiger partial charge in [-0.05, 0) is 57.9 Å². The van der Waals surface area contributed by atoms with Crippen LogP contribution in [0.5, 0.6) is 0 Å². The Kier molecular flexibility index (Phi) is 7.24. The van der Waals surface area contributed by atoms with Crippen molar-refractivity contribution in [2.24, 2.45) is 0 Å². The number of rotatable bonds is 8. The number of nitrogens with zero attached hydrogens (tertiary/aromatic N) is 4. The van der Waals surface area contributed by atoms with E-state index >= 15 is 0 Å². The Morgan fingerprint density at radius 1 is 0.976 bits per heavy atom. The predicted molar refractivity (Wildman–Crippen MR) is 157 cm³/mol. The minimum Gasteiger partial charge on any atom is -0.454 e. The van der Waals surface area contributed by atoms with Crippen molar-refractivity contribution >= 4 is 22.8 Å². The van der Waals surface area contributed by atoms with Gasteiger partial charge in [-0.1, -0.05) is 48.5 Å². The van der Waals surface area contributed by atoms with Crippen molar-refractivity contribution in [2.75, 3.05) is 13.2 Å². The van der Waals surface area contributed by atoms with E-state index < -0.39 is 5.97 Å². The second kappa shape index (κ2) is 11.1. The molecular formula is C33H32N4O4. The zero-order valence-corrected chi connectivity index (χ0v) is 23.5. The maximum atomic E-state index is 13.6. The highest BCUT2D eigenvalue weighted by atomic mass is 16.5. The number of esters is 1. The van der Waals surface area contributed by atoms with Crippen LogP contribution in [0.3, 0.4) is 0 Å². The van der Waals surface area contributed by atoms with E-state index in [2.05, 4.69) is 4.57 Å². The predicted octanol–water partition coefficient (Wildman–Crippen LogP) is 6.03. The number of carbonyl (C=O) groups excluding carboxylic acids is 2. The van der Waals surface area contributed by atoms with Crippen molar-refractivity contribution < 1.29 is 19.1 Å². The van der Waals surface area contributed by atoms with Crippen LogP contribution in [-0.4, -0.2) is 50.4 Å². The van der Waals surface area contributed by atoms with Crippen molar-refractivity contribution in [1.29, 1.82) is 0 Å². The van der Waals surface area contributed by atoms with Crippen LogP contribution >= 0.6 is 0 Å². The molecule has 0 radical (unpaired) electrons. The van der Waals surface area contributed by atoms with Gasteiger partial charge in [-0.25, -0.2) is 14.5 Å². The van der Waals surface area contributed by atoms with E-state index in [-0.39, 0.29) is 18.5 Å². The fraction of sp³-hybridized carbons (Fsp3) is 0.273. The number of para-hydroxylation sites is 1. The smallest absolute Gasteiger partial charge is 0.339 e. The van der Waals surface area contributed by atoms with Crippen LogP contribution < -0.4 is 0 Å². The highest BCUT2D eigenvalue weighted by Crippen LogP contribution is 2.29. The van der Waals surface area contributed by atoms with Gasteiger partial charge in [0.15, 0.2) is 12.3 Å². The number of fused-ring (bicyclic) bond motifs is 1. The van der Waals surface area contributed by atoms with Crippen LogP contribution in [0.4, 0.5) is 0 Å². The third kappa shape index (κ3) is 5.18.